The summed E-state index contributed by atoms with van der Waals surface area (Å²) in [6.07, 6.45) is 8.06. The molecule has 3 aromatic carbocycles. The number of nitrogens with zero attached hydrogens (tertiary/aromatic N) is 1. The number of carbonyl (C=O) groups is 2. The lowest BCUT2D eigenvalue weighted by Crippen LogP contribution is -2.61. The third-order valence-electron chi connectivity index (χ3n) is 12.9. The SMILES string of the molecule is C[C@@H]1[C@H](CN2CCC[C@H]2C(=O)OC(C)(C)C)O[C@H](c2ccc(-c3ccccc3CNC(=O)NC34CC5CC(CC(C5)C3)C4)cc2)O[C@@H]1c1ccc(CO)cc1. The van der Waals surface area contributed by atoms with Gasteiger partial charge in [-0.15, -0.1) is 0 Å². The van der Waals surface area contributed by atoms with Crippen molar-refractivity contribution in [1.29, 1.82) is 0 Å². The highest BCUT2D eigenvalue weighted by atomic mass is 16.7. The van der Waals surface area contributed by atoms with Crippen LogP contribution in [-0.2, 0) is 32.2 Å². The van der Waals surface area contributed by atoms with Gasteiger partial charge in [-0.05, 0) is 124 Å². The van der Waals surface area contributed by atoms with Gasteiger partial charge in [0.05, 0.1) is 18.8 Å². The van der Waals surface area contributed by atoms with E-state index in [1.807, 2.05) is 57.2 Å². The van der Waals surface area contributed by atoms with Crippen LogP contribution in [-0.4, -0.2) is 58.4 Å². The standard InChI is InChI=1S/C46H59N3O6/c1-29-40(27-49-19-7-10-39(49)42(51)55-45(2,3)4)53-43(54-41(29)35-13-11-30(28-50)12-14-35)36-17-15-34(16-18-36)38-9-6-5-8-37(38)26-47-44(52)48-46-23-31-20-32(24-46)22-33(21-31)25-46/h5-6,8-9,11-18,29,31-33,39-41,43,50H,7,10,19-28H2,1-4H3,(H2,47,48,52)/t29-,31?,32?,33?,39+,40+,41+,43+,46?/m1/s1. The molecule has 4 saturated carbocycles. The summed E-state index contributed by atoms with van der Waals surface area (Å²) in [4.78, 5) is 28.8. The highest BCUT2D eigenvalue weighted by Gasteiger charge is 2.51. The molecule has 6 fully saturated rings. The van der Waals surface area contributed by atoms with Gasteiger partial charge in [0.1, 0.15) is 11.6 Å². The number of rotatable bonds is 10. The molecule has 4 aliphatic carbocycles. The van der Waals surface area contributed by atoms with Crippen LogP contribution < -0.4 is 10.6 Å². The number of aliphatic hydroxyl groups excluding tert-OH is 1. The summed E-state index contributed by atoms with van der Waals surface area (Å²) in [6, 6.07) is 24.2. The fourth-order valence-corrected chi connectivity index (χ4v) is 10.7. The minimum atomic E-state index is -0.620. The second kappa shape index (κ2) is 15.6. The average Bonchev–Trinajstić information content (AvgIpc) is 3.62. The van der Waals surface area contributed by atoms with Crippen molar-refractivity contribution in [2.45, 2.75) is 128 Å². The van der Waals surface area contributed by atoms with Gasteiger partial charge < -0.3 is 30.0 Å². The molecule has 2 heterocycles. The summed E-state index contributed by atoms with van der Waals surface area (Å²) < 4.78 is 19.4. The van der Waals surface area contributed by atoms with Crippen molar-refractivity contribution in [3.63, 3.8) is 0 Å². The number of hydrogen-bond donors (Lipinski definition) is 3. The third kappa shape index (κ3) is 8.51. The normalized spacial score (nSPS) is 31.7. The first kappa shape index (κ1) is 38.1. The number of esters is 1. The first-order valence-electron chi connectivity index (χ1n) is 20.7. The molecule has 5 atom stereocenters. The second-order valence-corrected chi connectivity index (χ2v) is 18.3. The van der Waals surface area contributed by atoms with Crippen LogP contribution in [0.5, 0.6) is 0 Å². The van der Waals surface area contributed by atoms with Gasteiger partial charge in [-0.1, -0.05) is 79.7 Å². The van der Waals surface area contributed by atoms with E-state index >= 15 is 0 Å². The largest absolute Gasteiger partial charge is 0.459 e. The number of nitrogens with one attached hydrogen (secondary N) is 2. The number of benzene rings is 3. The van der Waals surface area contributed by atoms with Gasteiger partial charge in [0, 0.05) is 30.1 Å². The van der Waals surface area contributed by atoms with Gasteiger partial charge >= 0.3 is 12.0 Å². The Morgan fingerprint density at radius 2 is 1.55 bits per heavy atom. The molecule has 2 aliphatic heterocycles. The van der Waals surface area contributed by atoms with Crippen LogP contribution in [0.3, 0.4) is 0 Å². The number of amides is 2. The van der Waals surface area contributed by atoms with Crippen molar-refractivity contribution in [2.24, 2.45) is 23.7 Å². The highest BCUT2D eigenvalue weighted by molar-refractivity contribution is 5.77. The van der Waals surface area contributed by atoms with Crippen molar-refractivity contribution < 1.29 is 28.9 Å². The Morgan fingerprint density at radius 3 is 2.20 bits per heavy atom. The Labute approximate surface area is 326 Å². The monoisotopic (exact) mass is 749 g/mol. The summed E-state index contributed by atoms with van der Waals surface area (Å²) in [6.45, 7) is 9.72. The summed E-state index contributed by atoms with van der Waals surface area (Å²) in [5, 5.41) is 16.3. The van der Waals surface area contributed by atoms with Crippen LogP contribution in [0.1, 0.15) is 114 Å². The Balaban J connectivity index is 0.971. The van der Waals surface area contributed by atoms with Gasteiger partial charge in [-0.25, -0.2) is 4.79 Å². The molecule has 9 heteroatoms. The van der Waals surface area contributed by atoms with Crippen molar-refractivity contribution in [3.8, 4) is 11.1 Å². The number of urea groups is 1. The van der Waals surface area contributed by atoms with Crippen LogP contribution in [0, 0.1) is 23.7 Å². The minimum Gasteiger partial charge on any atom is -0.459 e. The fourth-order valence-electron chi connectivity index (χ4n) is 10.7. The number of likely N-dealkylation sites (tertiary alicyclic amines) is 1. The van der Waals surface area contributed by atoms with Crippen LogP contribution >= 0.6 is 0 Å². The molecule has 9 nitrogen and oxygen atoms in total. The molecule has 6 aliphatic rings. The zero-order valence-electron chi connectivity index (χ0n) is 33.0. The van der Waals surface area contributed by atoms with E-state index in [0.717, 1.165) is 89.8 Å². The van der Waals surface area contributed by atoms with Gasteiger partial charge in [0.15, 0.2) is 6.29 Å². The first-order chi connectivity index (χ1) is 26.4. The number of aliphatic hydroxyl groups is 1. The van der Waals surface area contributed by atoms with Crippen LogP contribution in [0.2, 0.25) is 0 Å². The third-order valence-corrected chi connectivity index (χ3v) is 12.9. The van der Waals surface area contributed by atoms with E-state index < -0.39 is 11.9 Å². The van der Waals surface area contributed by atoms with E-state index in [9.17, 15) is 14.7 Å². The molecule has 4 bridgehead atoms. The van der Waals surface area contributed by atoms with E-state index in [-0.39, 0.29) is 48.3 Å². The Hall–Kier alpha value is -3.76. The zero-order chi connectivity index (χ0) is 38.3. The molecule has 55 heavy (non-hydrogen) atoms. The van der Waals surface area contributed by atoms with E-state index in [1.54, 1.807) is 0 Å². The lowest BCUT2D eigenvalue weighted by molar-refractivity contribution is -0.276. The van der Waals surface area contributed by atoms with Gasteiger partial charge in [-0.2, -0.15) is 0 Å². The van der Waals surface area contributed by atoms with Gasteiger partial charge in [0.25, 0.3) is 0 Å². The number of carbonyl (C=O) groups excluding carboxylic acids is 2. The molecule has 2 saturated heterocycles. The van der Waals surface area contributed by atoms with Crippen molar-refractivity contribution >= 4 is 12.0 Å². The second-order valence-electron chi connectivity index (χ2n) is 18.3. The molecule has 0 aromatic heterocycles. The van der Waals surface area contributed by atoms with E-state index in [1.165, 1.54) is 19.3 Å². The predicted molar refractivity (Wildman–Crippen MR) is 212 cm³/mol. The molecular weight excluding hydrogens is 691 g/mol. The Kier molecular flexibility index (Phi) is 10.8. The lowest BCUT2D eigenvalue weighted by Gasteiger charge is -2.56. The summed E-state index contributed by atoms with van der Waals surface area (Å²) in [7, 11) is 0. The molecule has 9 rings (SSSR count). The Morgan fingerprint density at radius 1 is 0.891 bits per heavy atom. The smallest absolute Gasteiger partial charge is 0.323 e. The van der Waals surface area contributed by atoms with Gasteiger partial charge in [0.2, 0.25) is 0 Å². The summed E-state index contributed by atoms with van der Waals surface area (Å²) in [5.41, 5.74) is 5.41. The Bertz CT molecular complexity index is 1780. The maximum atomic E-state index is 13.3. The lowest BCUT2D eigenvalue weighted by atomic mass is 9.53. The predicted octanol–water partition coefficient (Wildman–Crippen LogP) is 8.21. The topological polar surface area (TPSA) is 109 Å². The summed E-state index contributed by atoms with van der Waals surface area (Å²) >= 11 is 0. The quantitative estimate of drug-likeness (QED) is 0.179. The number of ether oxygens (including phenoxy) is 3. The molecule has 294 valence electrons. The highest BCUT2D eigenvalue weighted by Crippen LogP contribution is 2.55. The average molecular weight is 750 g/mol. The van der Waals surface area contributed by atoms with Crippen molar-refractivity contribution in [2.75, 3.05) is 13.1 Å². The van der Waals surface area contributed by atoms with E-state index in [4.69, 9.17) is 14.2 Å². The molecule has 0 spiro atoms. The zero-order valence-corrected chi connectivity index (χ0v) is 33.0. The summed E-state index contributed by atoms with van der Waals surface area (Å²) in [5.74, 6) is 2.15. The fraction of sp³-hybridized carbons (Fsp3) is 0.565. The molecule has 2 amide bonds. The maximum Gasteiger partial charge on any atom is 0.323 e. The molecule has 3 N–H and O–H groups in total. The van der Waals surface area contributed by atoms with Gasteiger partial charge in [-0.3, -0.25) is 9.69 Å². The van der Waals surface area contributed by atoms with Crippen LogP contribution in [0.15, 0.2) is 72.8 Å². The van der Waals surface area contributed by atoms with Crippen LogP contribution in [0.25, 0.3) is 11.1 Å². The van der Waals surface area contributed by atoms with E-state index in [0.29, 0.717) is 13.1 Å². The minimum absolute atomic E-state index is 0.00471. The molecular formula is C46H59N3O6. The van der Waals surface area contributed by atoms with Crippen molar-refractivity contribution in [3.05, 3.63) is 95.1 Å². The number of hydrogen-bond acceptors (Lipinski definition) is 7. The maximum absolute atomic E-state index is 13.3. The first-order valence-corrected chi connectivity index (χ1v) is 20.7. The van der Waals surface area contributed by atoms with Crippen LogP contribution in [0.4, 0.5) is 4.79 Å². The molecule has 3 aromatic rings. The molecule has 0 unspecified atom stereocenters. The molecule has 0 radical (unpaired) electrons. The van der Waals surface area contributed by atoms with Crippen molar-refractivity contribution in [1.82, 2.24) is 15.5 Å². The van der Waals surface area contributed by atoms with E-state index in [2.05, 4.69) is 58.9 Å².